The second-order valence-electron chi connectivity index (χ2n) is 17.4. The maximum absolute atomic E-state index is 15.2. The maximum Gasteiger partial charge on any atom is 0.301 e. The summed E-state index contributed by atoms with van der Waals surface area (Å²) in [7, 11) is 3.55. The van der Waals surface area contributed by atoms with Gasteiger partial charge in [0.2, 0.25) is 17.6 Å². The number of aromatic nitrogens is 4. The lowest BCUT2D eigenvalue weighted by Gasteiger charge is -2.40. The summed E-state index contributed by atoms with van der Waals surface area (Å²) in [5, 5.41) is 15.8. The lowest BCUT2D eigenvalue weighted by atomic mass is 9.92. The number of hydrogen-bond donors (Lipinski definition) is 3. The van der Waals surface area contributed by atoms with Crippen LogP contribution in [-0.4, -0.2) is 100 Å². The Kier molecular flexibility index (Phi) is 10.0. The van der Waals surface area contributed by atoms with Gasteiger partial charge in [0.1, 0.15) is 5.82 Å². The number of benzene rings is 2. The van der Waals surface area contributed by atoms with Crippen molar-refractivity contribution in [3.63, 3.8) is 0 Å². The number of carbonyl (C=O) groups excluding carboxylic acids is 2. The van der Waals surface area contributed by atoms with Crippen LogP contribution in [0.4, 0.5) is 37.3 Å². The average Bonchev–Trinajstić information content (AvgIpc) is 4.05. The summed E-state index contributed by atoms with van der Waals surface area (Å²) >= 11 is 6.69. The molecule has 5 aromatic rings. The van der Waals surface area contributed by atoms with Gasteiger partial charge in [-0.2, -0.15) is 5.10 Å². The van der Waals surface area contributed by atoms with Crippen LogP contribution in [0.1, 0.15) is 50.1 Å². The zero-order valence-corrected chi connectivity index (χ0v) is 35.0. The summed E-state index contributed by atoms with van der Waals surface area (Å²) in [4.78, 5) is 49.7. The Morgan fingerprint density at radius 2 is 1.72 bits per heavy atom. The van der Waals surface area contributed by atoms with Gasteiger partial charge in [-0.15, -0.1) is 0 Å². The number of pyridine rings is 2. The Morgan fingerprint density at radius 3 is 2.48 bits per heavy atom. The van der Waals surface area contributed by atoms with Crippen molar-refractivity contribution in [2.24, 2.45) is 25.9 Å². The molecule has 4 fully saturated rings. The molecule has 1 aliphatic carbocycles. The zero-order valence-electron chi connectivity index (χ0n) is 34.2. The number of piperidine rings is 2. The number of nitrogens with one attached hydrogen (secondary N) is 3. The number of alkyl halides is 2. The van der Waals surface area contributed by atoms with E-state index in [-0.39, 0.29) is 23.5 Å². The standard InChI is InChI=1S/C44H49ClF2N10O4/c1-53-33-10-8-27(20-30(33)38-40(43(53)60)61-24-44(46,47)41(51-38)26-6-7-26)49-32-21-35(48-22-31(32)45)57-18-16-55(17-19-57)23-25-12-14-56(15-13-25)34-5-3-4-28-37(52-54(2)39(28)34)29-9-11-36(58)50-42(29)59/h3-5,8,10,20-22,25-26,29,41,51H,6-7,9,11-19,23-24H2,1-2H3,(H,48,49)(H,50,58,59)/t29?,41-/m0/s1. The molecular weight excluding hydrogens is 806 g/mol. The molecule has 17 heteroatoms. The molecular formula is C44H49ClF2N10O4. The lowest BCUT2D eigenvalue weighted by molar-refractivity contribution is -0.134. The third-order valence-electron chi connectivity index (χ3n) is 13.3. The number of aryl methyl sites for hydroxylation is 2. The number of ether oxygens (including phenoxy) is 1. The van der Waals surface area contributed by atoms with Gasteiger partial charge >= 0.3 is 5.92 Å². The van der Waals surface area contributed by atoms with Gasteiger partial charge in [0.15, 0.2) is 6.61 Å². The predicted molar refractivity (Wildman–Crippen MR) is 232 cm³/mol. The van der Waals surface area contributed by atoms with Gasteiger partial charge < -0.3 is 29.7 Å². The Labute approximate surface area is 356 Å². The molecule has 3 N–H and O–H groups in total. The highest BCUT2D eigenvalue weighted by Crippen LogP contribution is 2.46. The molecule has 320 valence electrons. The van der Waals surface area contributed by atoms with Crippen LogP contribution in [0.2, 0.25) is 5.02 Å². The van der Waals surface area contributed by atoms with Crippen LogP contribution < -0.4 is 36.0 Å². The Balaban J connectivity index is 0.777. The van der Waals surface area contributed by atoms with Crippen LogP contribution in [-0.2, 0) is 23.7 Å². The molecule has 2 aromatic carbocycles. The minimum atomic E-state index is -3.12. The minimum absolute atomic E-state index is 0.0918. The van der Waals surface area contributed by atoms with Crippen LogP contribution in [0.25, 0.3) is 21.8 Å². The van der Waals surface area contributed by atoms with Crippen LogP contribution >= 0.6 is 11.6 Å². The van der Waals surface area contributed by atoms with Crippen LogP contribution in [0.15, 0.2) is 53.5 Å². The van der Waals surface area contributed by atoms with Gasteiger partial charge in [0.05, 0.1) is 57.0 Å². The fourth-order valence-electron chi connectivity index (χ4n) is 9.83. The first-order chi connectivity index (χ1) is 29.4. The van der Waals surface area contributed by atoms with E-state index in [4.69, 9.17) is 21.4 Å². The van der Waals surface area contributed by atoms with Crippen molar-refractivity contribution in [1.82, 2.24) is 29.5 Å². The summed E-state index contributed by atoms with van der Waals surface area (Å²) in [5.74, 6) is -2.93. The molecule has 0 bridgehead atoms. The van der Waals surface area contributed by atoms with Crippen molar-refractivity contribution in [1.29, 1.82) is 0 Å². The SMILES string of the molecule is Cn1nc(C2CCC(=O)NC2=O)c2cccc(N3CCC(CN4CCN(c5cc(Nc6ccc7c(c6)c6c(c(=O)n7C)OCC(F)(F)[C@H](C7CC7)N6)c(Cl)cn5)CC4)CC3)c21. The molecule has 0 spiro atoms. The number of carbonyl (C=O) groups is 2. The van der Waals surface area contributed by atoms with Crippen molar-refractivity contribution in [3.05, 3.63) is 69.7 Å². The quantitative estimate of drug-likeness (QED) is 0.159. The summed E-state index contributed by atoms with van der Waals surface area (Å²) in [6, 6.07) is 12.5. The molecule has 0 radical (unpaired) electrons. The molecule has 2 amide bonds. The molecule has 5 aliphatic rings. The number of fused-ring (bicyclic) bond motifs is 4. The minimum Gasteiger partial charge on any atom is -0.480 e. The van der Waals surface area contributed by atoms with Crippen LogP contribution in [0, 0.1) is 11.8 Å². The molecule has 3 saturated heterocycles. The fourth-order valence-corrected chi connectivity index (χ4v) is 9.98. The van der Waals surface area contributed by atoms with Gasteiger partial charge in [-0.1, -0.05) is 23.7 Å². The highest BCUT2D eigenvalue weighted by atomic mass is 35.5. The molecule has 61 heavy (non-hydrogen) atoms. The van der Waals surface area contributed by atoms with Gasteiger partial charge in [-0.3, -0.25) is 29.3 Å². The van der Waals surface area contributed by atoms with Gasteiger partial charge in [-0.25, -0.2) is 13.8 Å². The first-order valence-corrected chi connectivity index (χ1v) is 21.7. The number of imide groups is 1. The molecule has 14 nitrogen and oxygen atoms in total. The summed E-state index contributed by atoms with van der Waals surface area (Å²) < 4.78 is 39.2. The molecule has 2 atom stereocenters. The van der Waals surface area contributed by atoms with E-state index in [1.54, 1.807) is 19.3 Å². The topological polar surface area (TPSA) is 142 Å². The first kappa shape index (κ1) is 39.6. The van der Waals surface area contributed by atoms with E-state index in [1.807, 2.05) is 42.1 Å². The Morgan fingerprint density at radius 1 is 0.934 bits per heavy atom. The Hall–Kier alpha value is -5.48. The van der Waals surface area contributed by atoms with Crippen LogP contribution in [0.5, 0.6) is 5.75 Å². The van der Waals surface area contributed by atoms with Gasteiger partial charge in [0.25, 0.3) is 5.56 Å². The molecule has 4 aliphatic heterocycles. The highest BCUT2D eigenvalue weighted by Gasteiger charge is 2.51. The summed E-state index contributed by atoms with van der Waals surface area (Å²) in [6.45, 7) is 5.52. The van der Waals surface area contributed by atoms with Crippen LogP contribution in [0.3, 0.4) is 0 Å². The molecule has 1 unspecified atom stereocenters. The van der Waals surface area contributed by atoms with Crippen molar-refractivity contribution in [2.75, 3.05) is 72.9 Å². The average molecular weight is 855 g/mol. The molecule has 1 saturated carbocycles. The molecule has 3 aromatic heterocycles. The van der Waals surface area contributed by atoms with E-state index in [1.165, 1.54) is 4.57 Å². The largest absolute Gasteiger partial charge is 0.480 e. The monoisotopic (exact) mass is 854 g/mol. The smallest absolute Gasteiger partial charge is 0.301 e. The van der Waals surface area contributed by atoms with E-state index in [9.17, 15) is 14.4 Å². The zero-order chi connectivity index (χ0) is 42.2. The number of anilines is 5. The summed E-state index contributed by atoms with van der Waals surface area (Å²) in [5.41, 5.74) is 4.66. The maximum atomic E-state index is 15.2. The number of amides is 2. The number of piperazine rings is 1. The number of para-hydroxylation sites is 1. The fraction of sp³-hybridized carbons (Fsp3) is 0.477. The highest BCUT2D eigenvalue weighted by molar-refractivity contribution is 6.33. The van der Waals surface area contributed by atoms with E-state index < -0.39 is 30.0 Å². The van der Waals surface area contributed by atoms with Crippen molar-refractivity contribution in [2.45, 2.75) is 56.4 Å². The van der Waals surface area contributed by atoms with Gasteiger partial charge in [0, 0.05) is 88.9 Å². The van der Waals surface area contributed by atoms with E-state index in [0.717, 1.165) is 86.8 Å². The second-order valence-corrected chi connectivity index (χ2v) is 17.8. The Bertz CT molecular complexity index is 2610. The number of halogens is 3. The first-order valence-electron chi connectivity index (χ1n) is 21.3. The summed E-state index contributed by atoms with van der Waals surface area (Å²) in [6.07, 6.45) is 6.01. The van der Waals surface area contributed by atoms with Crippen molar-refractivity contribution < 1.29 is 23.1 Å². The number of nitrogens with zero attached hydrogens (tertiary/aromatic N) is 7. The lowest BCUT2D eigenvalue weighted by Crippen LogP contribution is -2.49. The van der Waals surface area contributed by atoms with E-state index >= 15 is 8.78 Å². The third kappa shape index (κ3) is 7.40. The third-order valence-corrected chi connectivity index (χ3v) is 13.6. The number of rotatable bonds is 8. The predicted octanol–water partition coefficient (Wildman–Crippen LogP) is 5.99. The van der Waals surface area contributed by atoms with Gasteiger partial charge in [-0.05, 0) is 68.2 Å². The normalized spacial score (nSPS) is 22.4. The van der Waals surface area contributed by atoms with Crippen molar-refractivity contribution in [3.8, 4) is 5.75 Å². The molecule has 7 heterocycles. The number of hydrogen-bond acceptors (Lipinski definition) is 11. The second kappa shape index (κ2) is 15.5. The van der Waals surface area contributed by atoms with Crippen molar-refractivity contribution >= 4 is 73.8 Å². The molecule has 10 rings (SSSR count). The van der Waals surface area contributed by atoms with E-state index in [2.05, 4.69) is 41.7 Å². The van der Waals surface area contributed by atoms with E-state index in [0.29, 0.717) is 64.6 Å².